The average Bonchev–Trinajstić information content (AvgIpc) is 2.78. The molecule has 0 bridgehead atoms. The molecule has 1 amide bonds. The molecule has 4 rings (SSSR count). The van der Waals surface area contributed by atoms with Crippen LogP contribution in [0.5, 0.6) is 0 Å². The molecular formula is C23H23ClN2O3S. The molecule has 7 heteroatoms. The fourth-order valence-corrected chi connectivity index (χ4v) is 5.47. The van der Waals surface area contributed by atoms with Gasteiger partial charge >= 0.3 is 0 Å². The first-order chi connectivity index (χ1) is 14.4. The number of nitrogens with one attached hydrogen (secondary N) is 1. The monoisotopic (exact) mass is 442 g/mol. The Morgan fingerprint density at radius 1 is 0.933 bits per heavy atom. The maximum absolute atomic E-state index is 12.9. The predicted octanol–water partition coefficient (Wildman–Crippen LogP) is 4.60. The number of halogens is 1. The van der Waals surface area contributed by atoms with E-state index in [4.69, 9.17) is 11.6 Å². The van der Waals surface area contributed by atoms with E-state index in [0.717, 1.165) is 35.6 Å². The van der Waals surface area contributed by atoms with Crippen LogP contribution < -0.4 is 5.32 Å². The van der Waals surface area contributed by atoms with Crippen molar-refractivity contribution < 1.29 is 13.2 Å². The van der Waals surface area contributed by atoms with E-state index in [2.05, 4.69) is 5.32 Å². The Hall–Kier alpha value is -2.41. The van der Waals surface area contributed by atoms with Gasteiger partial charge in [-0.15, -0.1) is 0 Å². The Labute approximate surface area is 181 Å². The molecule has 1 aliphatic rings. The van der Waals surface area contributed by atoms with Crippen LogP contribution in [0.4, 0.5) is 0 Å². The Kier molecular flexibility index (Phi) is 6.09. The van der Waals surface area contributed by atoms with Crippen molar-refractivity contribution in [3.63, 3.8) is 0 Å². The van der Waals surface area contributed by atoms with Crippen LogP contribution in [0.15, 0.2) is 65.6 Å². The Bertz CT molecular complexity index is 1190. The zero-order valence-corrected chi connectivity index (χ0v) is 18.0. The zero-order chi connectivity index (χ0) is 21.1. The number of nitrogens with zero attached hydrogens (tertiary/aromatic N) is 1. The molecule has 3 aromatic carbocycles. The predicted molar refractivity (Wildman–Crippen MR) is 119 cm³/mol. The lowest BCUT2D eigenvalue weighted by Crippen LogP contribution is -2.35. The number of hydrogen-bond donors (Lipinski definition) is 1. The largest absolute Gasteiger partial charge is 0.348 e. The standard InChI is InChI=1S/C23H23ClN2O3S/c24-22-11-10-20(30(28,29)26-12-4-1-5-13-26)15-21(22)23(27)25-16-17-8-9-18-6-2-3-7-19(18)14-17/h2-3,6-11,14-15H,1,4-5,12-13,16H2,(H,25,27). The fraction of sp³-hybridized carbons (Fsp3) is 0.261. The maximum Gasteiger partial charge on any atom is 0.253 e. The molecule has 0 aromatic heterocycles. The van der Waals surface area contributed by atoms with Crippen LogP contribution in [0.2, 0.25) is 5.02 Å². The summed E-state index contributed by atoms with van der Waals surface area (Å²) in [6, 6.07) is 18.3. The minimum absolute atomic E-state index is 0.102. The molecular weight excluding hydrogens is 420 g/mol. The van der Waals surface area contributed by atoms with Crippen LogP contribution in [-0.2, 0) is 16.6 Å². The summed E-state index contributed by atoms with van der Waals surface area (Å²) < 4.78 is 27.3. The molecule has 1 N–H and O–H groups in total. The summed E-state index contributed by atoms with van der Waals surface area (Å²) in [5, 5.41) is 5.30. The van der Waals surface area contributed by atoms with Gasteiger partial charge in [-0.1, -0.05) is 54.4 Å². The van der Waals surface area contributed by atoms with E-state index in [-0.39, 0.29) is 15.5 Å². The highest BCUT2D eigenvalue weighted by atomic mass is 35.5. The van der Waals surface area contributed by atoms with Crippen molar-refractivity contribution in [2.24, 2.45) is 0 Å². The Morgan fingerprint density at radius 3 is 2.43 bits per heavy atom. The summed E-state index contributed by atoms with van der Waals surface area (Å²) in [6.45, 7) is 1.34. The van der Waals surface area contributed by atoms with Crippen LogP contribution in [-0.4, -0.2) is 31.7 Å². The number of carbonyl (C=O) groups is 1. The number of amides is 1. The molecule has 1 aliphatic heterocycles. The van der Waals surface area contributed by atoms with Crippen LogP contribution in [0.3, 0.4) is 0 Å². The molecule has 0 unspecified atom stereocenters. The Morgan fingerprint density at radius 2 is 1.67 bits per heavy atom. The summed E-state index contributed by atoms with van der Waals surface area (Å²) in [5.41, 5.74) is 1.12. The zero-order valence-electron chi connectivity index (χ0n) is 16.5. The summed E-state index contributed by atoms with van der Waals surface area (Å²) in [7, 11) is -3.63. The SMILES string of the molecule is O=C(NCc1ccc2ccccc2c1)c1cc(S(=O)(=O)N2CCCCC2)ccc1Cl. The molecule has 30 heavy (non-hydrogen) atoms. The van der Waals surface area contributed by atoms with Gasteiger partial charge in [0.25, 0.3) is 5.91 Å². The molecule has 0 aliphatic carbocycles. The quantitative estimate of drug-likeness (QED) is 0.628. The van der Waals surface area contributed by atoms with Crippen molar-refractivity contribution >= 4 is 38.3 Å². The normalized spacial score (nSPS) is 15.2. The van der Waals surface area contributed by atoms with E-state index in [0.29, 0.717) is 19.6 Å². The van der Waals surface area contributed by atoms with Gasteiger partial charge in [-0.25, -0.2) is 8.42 Å². The van der Waals surface area contributed by atoms with Crippen LogP contribution in [0.1, 0.15) is 35.2 Å². The van der Waals surface area contributed by atoms with E-state index in [9.17, 15) is 13.2 Å². The number of benzene rings is 3. The van der Waals surface area contributed by atoms with Crippen molar-refractivity contribution in [2.75, 3.05) is 13.1 Å². The van der Waals surface area contributed by atoms with Gasteiger partial charge in [0.2, 0.25) is 10.0 Å². The summed E-state index contributed by atoms with van der Waals surface area (Å²) in [4.78, 5) is 12.9. The minimum atomic E-state index is -3.63. The number of sulfonamides is 1. The van der Waals surface area contributed by atoms with Crippen LogP contribution in [0.25, 0.3) is 10.8 Å². The molecule has 1 saturated heterocycles. The number of fused-ring (bicyclic) bond motifs is 1. The van der Waals surface area contributed by atoms with Crippen molar-refractivity contribution in [3.05, 3.63) is 76.8 Å². The second-order valence-corrected chi connectivity index (χ2v) is 9.82. The number of rotatable bonds is 5. The van der Waals surface area contributed by atoms with Crippen molar-refractivity contribution in [1.82, 2.24) is 9.62 Å². The highest BCUT2D eigenvalue weighted by molar-refractivity contribution is 7.89. The third kappa shape index (κ3) is 4.36. The Balaban J connectivity index is 1.52. The van der Waals surface area contributed by atoms with Crippen molar-refractivity contribution in [3.8, 4) is 0 Å². The van der Waals surface area contributed by atoms with E-state index >= 15 is 0 Å². The third-order valence-corrected chi connectivity index (χ3v) is 7.63. The molecule has 0 atom stereocenters. The van der Waals surface area contributed by atoms with Gasteiger partial charge < -0.3 is 5.32 Å². The van der Waals surface area contributed by atoms with E-state index in [1.54, 1.807) is 0 Å². The average molecular weight is 443 g/mol. The summed E-state index contributed by atoms with van der Waals surface area (Å²) in [6.07, 6.45) is 2.74. The van der Waals surface area contributed by atoms with Crippen LogP contribution >= 0.6 is 11.6 Å². The molecule has 1 fully saturated rings. The highest BCUT2D eigenvalue weighted by Gasteiger charge is 2.27. The first kappa shape index (κ1) is 20.8. The van der Waals surface area contributed by atoms with Gasteiger partial charge in [-0.3, -0.25) is 4.79 Å². The molecule has 5 nitrogen and oxygen atoms in total. The number of hydrogen-bond acceptors (Lipinski definition) is 3. The molecule has 0 spiro atoms. The summed E-state index contributed by atoms with van der Waals surface area (Å²) >= 11 is 6.22. The summed E-state index contributed by atoms with van der Waals surface area (Å²) in [5.74, 6) is -0.399. The lowest BCUT2D eigenvalue weighted by Gasteiger charge is -2.26. The second kappa shape index (κ2) is 8.76. The van der Waals surface area contributed by atoms with Crippen LogP contribution in [0, 0.1) is 0 Å². The van der Waals surface area contributed by atoms with Gasteiger partial charge in [0.05, 0.1) is 15.5 Å². The van der Waals surface area contributed by atoms with E-state index in [1.807, 2.05) is 42.5 Å². The second-order valence-electron chi connectivity index (χ2n) is 7.47. The maximum atomic E-state index is 12.9. The molecule has 156 valence electrons. The van der Waals surface area contributed by atoms with Crippen molar-refractivity contribution in [2.45, 2.75) is 30.7 Å². The van der Waals surface area contributed by atoms with Gasteiger partial charge in [0, 0.05) is 19.6 Å². The number of carbonyl (C=O) groups excluding carboxylic acids is 1. The molecule has 3 aromatic rings. The highest BCUT2D eigenvalue weighted by Crippen LogP contribution is 2.25. The third-order valence-electron chi connectivity index (χ3n) is 5.40. The van der Waals surface area contributed by atoms with Gasteiger partial charge in [-0.05, 0) is 53.4 Å². The van der Waals surface area contributed by atoms with Gasteiger partial charge in [0.15, 0.2) is 0 Å². The molecule has 0 saturated carbocycles. The fourth-order valence-electron chi connectivity index (χ4n) is 3.72. The van der Waals surface area contributed by atoms with E-state index in [1.165, 1.54) is 22.5 Å². The molecule has 1 heterocycles. The first-order valence-electron chi connectivity index (χ1n) is 10.0. The van der Waals surface area contributed by atoms with E-state index < -0.39 is 15.9 Å². The number of piperidine rings is 1. The smallest absolute Gasteiger partial charge is 0.253 e. The van der Waals surface area contributed by atoms with Gasteiger partial charge in [-0.2, -0.15) is 4.31 Å². The van der Waals surface area contributed by atoms with Gasteiger partial charge in [0.1, 0.15) is 0 Å². The first-order valence-corrected chi connectivity index (χ1v) is 11.8. The minimum Gasteiger partial charge on any atom is -0.348 e. The lowest BCUT2D eigenvalue weighted by molar-refractivity contribution is 0.0951. The topological polar surface area (TPSA) is 66.5 Å². The lowest BCUT2D eigenvalue weighted by atomic mass is 10.1. The molecule has 0 radical (unpaired) electrons. The van der Waals surface area contributed by atoms with Crippen molar-refractivity contribution in [1.29, 1.82) is 0 Å².